The molecular weight excluding hydrogens is 454 g/mol. The van der Waals surface area contributed by atoms with Crippen LogP contribution in [0.5, 0.6) is 0 Å². The molecule has 8 nitrogen and oxygen atoms in total. The van der Waals surface area contributed by atoms with Crippen molar-refractivity contribution in [3.8, 4) is 11.1 Å². The number of nitrogens with one attached hydrogen (secondary N) is 2. The Hall–Kier alpha value is -3.91. The summed E-state index contributed by atoms with van der Waals surface area (Å²) >= 11 is 0. The highest BCUT2D eigenvalue weighted by Crippen LogP contribution is 2.34. The van der Waals surface area contributed by atoms with Gasteiger partial charge in [0, 0.05) is 63.1 Å². The van der Waals surface area contributed by atoms with E-state index in [-0.39, 0.29) is 11.6 Å². The van der Waals surface area contributed by atoms with E-state index in [1.807, 2.05) is 88.4 Å². The Bertz CT molecular complexity index is 1220. The van der Waals surface area contributed by atoms with E-state index in [1.165, 1.54) is 0 Å². The maximum atomic E-state index is 12.0. The Morgan fingerprint density at radius 1 is 1.08 bits per heavy atom. The van der Waals surface area contributed by atoms with E-state index in [2.05, 4.69) is 15.2 Å². The smallest absolute Gasteiger partial charge is 0.354 e. The summed E-state index contributed by atoms with van der Waals surface area (Å²) in [5.74, 6) is -0.866. The van der Waals surface area contributed by atoms with Crippen LogP contribution >= 0.6 is 0 Å². The van der Waals surface area contributed by atoms with Gasteiger partial charge >= 0.3 is 5.97 Å². The molecule has 1 heterocycles. The fraction of sp³-hybridized carbons (Fsp3) is 0.321. The molecule has 8 heteroatoms. The molecule has 0 radical (unpaired) electrons. The lowest BCUT2D eigenvalue weighted by Crippen LogP contribution is -2.21. The number of carboxylic acid groups (broad SMARTS) is 1. The number of hydrogen-bond acceptors (Lipinski definition) is 7. The van der Waals surface area contributed by atoms with Crippen molar-refractivity contribution in [2.75, 3.05) is 56.5 Å². The molecule has 3 N–H and O–H groups in total. The molecule has 0 saturated carbocycles. The molecule has 1 aromatic heterocycles. The molecule has 3 aromatic rings. The van der Waals surface area contributed by atoms with Gasteiger partial charge in [0.2, 0.25) is 0 Å². The number of methoxy groups -OCH3 is 1. The zero-order chi connectivity index (χ0) is 26.4. The number of hydrogen-bond donors (Lipinski definition) is 3. The fourth-order valence-electron chi connectivity index (χ4n) is 3.79. The second kappa shape index (κ2) is 11.7. The summed E-state index contributed by atoms with van der Waals surface area (Å²) in [7, 11) is 7.58. The van der Waals surface area contributed by atoms with E-state index in [9.17, 15) is 9.90 Å². The molecule has 3 rings (SSSR count). The minimum Gasteiger partial charge on any atom is -0.477 e. The van der Waals surface area contributed by atoms with Crippen molar-refractivity contribution in [3.63, 3.8) is 0 Å². The van der Waals surface area contributed by atoms with E-state index < -0.39 is 5.97 Å². The van der Waals surface area contributed by atoms with E-state index in [1.54, 1.807) is 13.2 Å². The number of carboxylic acids is 1. The number of ether oxygens (including phenoxy) is 1. The zero-order valence-electron chi connectivity index (χ0n) is 21.8. The van der Waals surface area contributed by atoms with Crippen molar-refractivity contribution in [2.24, 2.45) is 5.92 Å². The summed E-state index contributed by atoms with van der Waals surface area (Å²) in [5.41, 5.74) is 5.11. The van der Waals surface area contributed by atoms with E-state index in [0.29, 0.717) is 29.3 Å². The number of benzene rings is 2. The third-order valence-electron chi connectivity index (χ3n) is 5.96. The molecule has 2 aromatic carbocycles. The van der Waals surface area contributed by atoms with Crippen LogP contribution < -0.4 is 15.1 Å². The Morgan fingerprint density at radius 2 is 1.78 bits per heavy atom. The number of rotatable bonds is 11. The van der Waals surface area contributed by atoms with Crippen molar-refractivity contribution in [1.29, 1.82) is 5.41 Å². The molecule has 0 spiro atoms. The number of carbonyl (C=O) groups is 1. The summed E-state index contributed by atoms with van der Waals surface area (Å²) in [6, 6.07) is 17.2. The van der Waals surface area contributed by atoms with Crippen LogP contribution in [0.1, 0.15) is 29.9 Å². The topological polar surface area (TPSA) is 102 Å². The molecule has 0 bridgehead atoms. The van der Waals surface area contributed by atoms with Crippen LogP contribution in [0.25, 0.3) is 11.1 Å². The highest BCUT2D eigenvalue weighted by molar-refractivity contribution is 6.10. The molecule has 0 unspecified atom stereocenters. The van der Waals surface area contributed by atoms with Gasteiger partial charge in [0.05, 0.1) is 6.61 Å². The number of nitrogens with zero attached hydrogens (tertiary/aromatic N) is 3. The lowest BCUT2D eigenvalue weighted by Gasteiger charge is -2.21. The van der Waals surface area contributed by atoms with Crippen LogP contribution in [0.3, 0.4) is 0 Å². The highest BCUT2D eigenvalue weighted by Gasteiger charge is 2.22. The van der Waals surface area contributed by atoms with Crippen molar-refractivity contribution in [1.82, 2.24) is 4.98 Å². The molecule has 0 aliphatic carbocycles. The van der Waals surface area contributed by atoms with Crippen LogP contribution in [0.4, 0.5) is 22.9 Å². The molecule has 190 valence electrons. The van der Waals surface area contributed by atoms with E-state index in [4.69, 9.17) is 10.1 Å². The zero-order valence-corrected chi connectivity index (χ0v) is 21.8. The van der Waals surface area contributed by atoms with E-state index in [0.717, 1.165) is 29.2 Å². The van der Waals surface area contributed by atoms with Crippen LogP contribution in [0.15, 0.2) is 54.6 Å². The first kappa shape index (κ1) is 26.7. The second-order valence-electron chi connectivity index (χ2n) is 9.18. The number of likely N-dealkylation sites (N-methyl/N-ethyl adjacent to an activating group) is 1. The Kier molecular flexibility index (Phi) is 8.66. The van der Waals surface area contributed by atoms with Crippen molar-refractivity contribution in [3.05, 3.63) is 65.9 Å². The normalized spacial score (nSPS) is 10.9. The first-order valence-corrected chi connectivity index (χ1v) is 11.8. The highest BCUT2D eigenvalue weighted by atomic mass is 16.5. The van der Waals surface area contributed by atoms with Crippen LogP contribution in [-0.2, 0) is 4.74 Å². The monoisotopic (exact) mass is 489 g/mol. The number of anilines is 4. The molecule has 0 aliphatic rings. The standard InChI is InChI=1S/C28H35N5O3/c1-18(2)26(29)25-23(19-10-12-21(13-11-19)33(5)14-15-36-6)17-24(28(34)35)31-27(25)30-20-8-7-9-22(16-20)32(3)4/h7-13,16-18,29H,14-15H2,1-6H3,(H,30,31)(H,34,35). The van der Waals surface area contributed by atoms with Crippen LogP contribution in [0.2, 0.25) is 0 Å². The molecular formula is C28H35N5O3. The predicted molar refractivity (Wildman–Crippen MR) is 147 cm³/mol. The molecule has 0 fully saturated rings. The number of pyridine rings is 1. The summed E-state index contributed by atoms with van der Waals surface area (Å²) in [6.45, 7) is 5.25. The molecule has 0 saturated heterocycles. The van der Waals surface area contributed by atoms with Gasteiger partial charge in [-0.3, -0.25) is 0 Å². The SMILES string of the molecule is COCCN(C)c1ccc(-c2cc(C(=O)O)nc(Nc3cccc(N(C)C)c3)c2C(=N)C(C)C)cc1. The maximum absolute atomic E-state index is 12.0. The third-order valence-corrected chi connectivity index (χ3v) is 5.96. The van der Waals surface area contributed by atoms with Crippen molar-refractivity contribution >= 4 is 34.6 Å². The fourth-order valence-corrected chi connectivity index (χ4v) is 3.79. The van der Waals surface area contributed by atoms with Crippen molar-refractivity contribution < 1.29 is 14.6 Å². The Morgan fingerprint density at radius 3 is 2.36 bits per heavy atom. The molecule has 0 amide bonds. The van der Waals surface area contributed by atoms with Gasteiger partial charge in [-0.25, -0.2) is 9.78 Å². The lowest BCUT2D eigenvalue weighted by atomic mass is 9.91. The van der Waals surface area contributed by atoms with Gasteiger partial charge in [0.15, 0.2) is 5.69 Å². The molecule has 36 heavy (non-hydrogen) atoms. The van der Waals surface area contributed by atoms with Gasteiger partial charge < -0.3 is 30.4 Å². The Labute approximate surface area is 213 Å². The van der Waals surface area contributed by atoms with E-state index >= 15 is 0 Å². The molecule has 0 atom stereocenters. The average molecular weight is 490 g/mol. The van der Waals surface area contributed by atoms with Gasteiger partial charge in [-0.2, -0.15) is 0 Å². The van der Waals surface area contributed by atoms with Crippen LogP contribution in [-0.4, -0.2) is 63.2 Å². The molecule has 0 aliphatic heterocycles. The summed E-state index contributed by atoms with van der Waals surface area (Å²) in [5, 5.41) is 22.0. The van der Waals surface area contributed by atoms with Gasteiger partial charge in [0.25, 0.3) is 0 Å². The van der Waals surface area contributed by atoms with Crippen LogP contribution in [0, 0.1) is 11.3 Å². The van der Waals surface area contributed by atoms with Crippen molar-refractivity contribution in [2.45, 2.75) is 13.8 Å². The number of aromatic nitrogens is 1. The maximum Gasteiger partial charge on any atom is 0.354 e. The average Bonchev–Trinajstić information content (AvgIpc) is 2.86. The summed E-state index contributed by atoms with van der Waals surface area (Å²) < 4.78 is 5.17. The number of aromatic carboxylic acids is 1. The predicted octanol–water partition coefficient (Wildman–Crippen LogP) is 5.36. The Balaban J connectivity index is 2.15. The first-order chi connectivity index (χ1) is 17.1. The van der Waals surface area contributed by atoms with Gasteiger partial charge in [0.1, 0.15) is 5.82 Å². The lowest BCUT2D eigenvalue weighted by molar-refractivity contribution is 0.0690. The third kappa shape index (κ3) is 6.20. The van der Waals surface area contributed by atoms with Gasteiger partial charge in [-0.15, -0.1) is 0 Å². The largest absolute Gasteiger partial charge is 0.477 e. The van der Waals surface area contributed by atoms with Gasteiger partial charge in [-0.1, -0.05) is 32.0 Å². The second-order valence-corrected chi connectivity index (χ2v) is 9.18. The summed E-state index contributed by atoms with van der Waals surface area (Å²) in [4.78, 5) is 20.5. The quantitative estimate of drug-likeness (QED) is 0.312. The minimum absolute atomic E-state index is 0.0853. The first-order valence-electron chi connectivity index (χ1n) is 11.8. The van der Waals surface area contributed by atoms with Gasteiger partial charge in [-0.05, 0) is 53.4 Å². The minimum atomic E-state index is -1.13. The summed E-state index contributed by atoms with van der Waals surface area (Å²) in [6.07, 6.45) is 0.